The summed E-state index contributed by atoms with van der Waals surface area (Å²) < 4.78 is 0. The first-order valence-corrected chi connectivity index (χ1v) is 10.5. The lowest BCUT2D eigenvalue weighted by molar-refractivity contribution is -0.141. The lowest BCUT2D eigenvalue weighted by Crippen LogP contribution is -2.59. The van der Waals surface area contributed by atoms with E-state index in [1.54, 1.807) is 18.0 Å². The molecule has 0 spiro atoms. The summed E-state index contributed by atoms with van der Waals surface area (Å²) in [5.41, 5.74) is -0.287. The van der Waals surface area contributed by atoms with Gasteiger partial charge in [0.15, 0.2) is 0 Å². The van der Waals surface area contributed by atoms with Crippen LogP contribution < -0.4 is 5.32 Å². The Morgan fingerprint density at radius 3 is 2.24 bits per heavy atom. The van der Waals surface area contributed by atoms with E-state index in [9.17, 15) is 19.5 Å². The maximum Gasteiger partial charge on any atom is 0.331 e. The number of carboxylic acids is 1. The highest BCUT2D eigenvalue weighted by Crippen LogP contribution is 2.25. The van der Waals surface area contributed by atoms with Crippen molar-refractivity contribution in [3.63, 3.8) is 0 Å². The third-order valence-corrected chi connectivity index (χ3v) is 5.71. The van der Waals surface area contributed by atoms with Gasteiger partial charge in [0.1, 0.15) is 6.04 Å². The second kappa shape index (κ2) is 10.2. The fourth-order valence-corrected chi connectivity index (χ4v) is 3.72. The Morgan fingerprint density at radius 1 is 1.21 bits per heavy atom. The van der Waals surface area contributed by atoms with Crippen molar-refractivity contribution >= 4 is 17.8 Å². The molecule has 0 aromatic carbocycles. The van der Waals surface area contributed by atoms with Crippen molar-refractivity contribution in [1.82, 2.24) is 15.1 Å². The van der Waals surface area contributed by atoms with Gasteiger partial charge >= 0.3 is 5.97 Å². The lowest BCUT2D eigenvalue weighted by atomic mass is 9.84. The number of carbonyl (C=O) groups excluding carboxylic acids is 2. The van der Waals surface area contributed by atoms with E-state index in [0.717, 1.165) is 25.8 Å². The van der Waals surface area contributed by atoms with Gasteiger partial charge in [-0.15, -0.1) is 0 Å². The van der Waals surface area contributed by atoms with E-state index in [-0.39, 0.29) is 35.4 Å². The molecule has 1 aliphatic heterocycles. The van der Waals surface area contributed by atoms with Crippen molar-refractivity contribution in [2.24, 2.45) is 11.3 Å². The van der Waals surface area contributed by atoms with Gasteiger partial charge in [0.2, 0.25) is 11.8 Å². The first kappa shape index (κ1) is 25.1. The van der Waals surface area contributed by atoms with Crippen LogP contribution in [0.2, 0.25) is 0 Å². The Hall–Kier alpha value is -1.89. The summed E-state index contributed by atoms with van der Waals surface area (Å²) in [6, 6.07) is -1.30. The average Bonchev–Trinajstić information content (AvgIpc) is 2.61. The fraction of sp³-hybridized carbons (Fsp3) is 0.773. The third kappa shape index (κ3) is 6.84. The molecule has 3 atom stereocenters. The number of hydrogen-bond acceptors (Lipinski definition) is 4. The highest BCUT2D eigenvalue weighted by Gasteiger charge is 2.39. The number of piperidine rings is 1. The molecular weight excluding hydrogens is 370 g/mol. The van der Waals surface area contributed by atoms with Gasteiger partial charge in [-0.2, -0.15) is 0 Å². The van der Waals surface area contributed by atoms with E-state index >= 15 is 0 Å². The van der Waals surface area contributed by atoms with E-state index < -0.39 is 17.4 Å². The number of amides is 2. The molecule has 1 fully saturated rings. The molecule has 0 aromatic heterocycles. The summed E-state index contributed by atoms with van der Waals surface area (Å²) in [5.74, 6) is -1.30. The van der Waals surface area contributed by atoms with E-state index in [2.05, 4.69) is 5.32 Å². The molecule has 1 saturated heterocycles. The molecule has 166 valence electrons. The minimum Gasteiger partial charge on any atom is -0.478 e. The predicted molar refractivity (Wildman–Crippen MR) is 114 cm³/mol. The molecule has 0 bridgehead atoms. The molecule has 0 radical (unpaired) electrons. The summed E-state index contributed by atoms with van der Waals surface area (Å²) in [4.78, 5) is 41.2. The van der Waals surface area contributed by atoms with Gasteiger partial charge in [-0.1, -0.05) is 47.1 Å². The third-order valence-electron chi connectivity index (χ3n) is 5.71. The summed E-state index contributed by atoms with van der Waals surface area (Å²) in [6.07, 6.45) is 4.49. The normalized spacial score (nSPS) is 20.9. The monoisotopic (exact) mass is 409 g/mol. The van der Waals surface area contributed by atoms with E-state index in [0.29, 0.717) is 0 Å². The topological polar surface area (TPSA) is 90.0 Å². The Bertz CT molecular complexity index is 636. The van der Waals surface area contributed by atoms with Crippen LogP contribution in [0.15, 0.2) is 11.6 Å². The smallest absolute Gasteiger partial charge is 0.331 e. The van der Waals surface area contributed by atoms with Crippen molar-refractivity contribution in [2.45, 2.75) is 78.9 Å². The van der Waals surface area contributed by atoms with Gasteiger partial charge in [-0.25, -0.2) is 4.79 Å². The molecule has 29 heavy (non-hydrogen) atoms. The molecule has 1 heterocycles. The van der Waals surface area contributed by atoms with Crippen molar-refractivity contribution in [2.75, 3.05) is 20.6 Å². The SMILES string of the molecule is C/C(=C\[C@H](C(C)C)N(C)C(=O)[C@H](NC(=O)[C@H]1CCCCN1C)C(C)(C)C)C(=O)O. The summed E-state index contributed by atoms with van der Waals surface area (Å²) in [5, 5.41) is 12.2. The molecule has 2 N–H and O–H groups in total. The molecule has 2 amide bonds. The number of likely N-dealkylation sites (tertiary alicyclic amines) is 1. The standard InChI is InChI=1S/C22H39N3O4/c1-14(2)17(13-15(3)21(28)29)25(8)20(27)18(22(4,5)6)23-19(26)16-11-9-10-12-24(16)7/h13-14,16-18H,9-12H2,1-8H3,(H,23,26)(H,28,29)/b15-13+/t16-,17-,18+/m1/s1. The van der Waals surface area contributed by atoms with Gasteiger partial charge in [0.25, 0.3) is 0 Å². The summed E-state index contributed by atoms with van der Waals surface area (Å²) in [7, 11) is 3.62. The highest BCUT2D eigenvalue weighted by molar-refractivity contribution is 5.91. The zero-order valence-electron chi connectivity index (χ0n) is 19.3. The minimum absolute atomic E-state index is 0.0269. The molecule has 1 aliphatic rings. The van der Waals surface area contributed by atoms with Crippen LogP contribution in [0.5, 0.6) is 0 Å². The molecule has 0 saturated carbocycles. The van der Waals surface area contributed by atoms with Gasteiger partial charge in [0, 0.05) is 12.6 Å². The van der Waals surface area contributed by atoms with Crippen molar-refractivity contribution in [3.05, 3.63) is 11.6 Å². The van der Waals surface area contributed by atoms with Crippen LogP contribution in [0.4, 0.5) is 0 Å². The van der Waals surface area contributed by atoms with Gasteiger partial charge in [-0.3, -0.25) is 14.5 Å². The number of nitrogens with zero attached hydrogens (tertiary/aromatic N) is 2. The van der Waals surface area contributed by atoms with Gasteiger partial charge in [0.05, 0.1) is 12.1 Å². The number of nitrogens with one attached hydrogen (secondary N) is 1. The number of rotatable bonds is 7. The van der Waals surface area contributed by atoms with Crippen molar-refractivity contribution in [1.29, 1.82) is 0 Å². The van der Waals surface area contributed by atoms with Crippen LogP contribution >= 0.6 is 0 Å². The van der Waals surface area contributed by atoms with Crippen LogP contribution in [0, 0.1) is 11.3 Å². The number of likely N-dealkylation sites (N-methyl/N-ethyl adjacent to an activating group) is 2. The number of carbonyl (C=O) groups is 3. The molecule has 0 aliphatic carbocycles. The predicted octanol–water partition coefficient (Wildman–Crippen LogP) is 2.52. The number of carboxylic acid groups (broad SMARTS) is 1. The van der Waals surface area contributed by atoms with E-state index in [1.807, 2.05) is 46.6 Å². The average molecular weight is 410 g/mol. The molecule has 0 unspecified atom stereocenters. The largest absolute Gasteiger partial charge is 0.478 e. The second-order valence-electron chi connectivity index (χ2n) is 9.64. The Kier molecular flexibility index (Phi) is 8.87. The van der Waals surface area contributed by atoms with Gasteiger partial charge < -0.3 is 15.3 Å². The number of aliphatic carboxylic acids is 1. The molecule has 7 nitrogen and oxygen atoms in total. The zero-order valence-corrected chi connectivity index (χ0v) is 19.3. The minimum atomic E-state index is -1.00. The second-order valence-corrected chi connectivity index (χ2v) is 9.64. The Morgan fingerprint density at radius 2 is 1.79 bits per heavy atom. The van der Waals surface area contributed by atoms with Crippen LogP contribution in [-0.2, 0) is 14.4 Å². The first-order chi connectivity index (χ1) is 13.3. The van der Waals surface area contributed by atoms with Crippen LogP contribution in [0.25, 0.3) is 0 Å². The molecule has 0 aromatic rings. The van der Waals surface area contributed by atoms with Crippen LogP contribution in [0.3, 0.4) is 0 Å². The maximum atomic E-state index is 13.4. The molecule has 7 heteroatoms. The summed E-state index contributed by atoms with van der Waals surface area (Å²) in [6.45, 7) is 12.1. The van der Waals surface area contributed by atoms with Crippen LogP contribution in [-0.4, -0.2) is 71.5 Å². The summed E-state index contributed by atoms with van der Waals surface area (Å²) >= 11 is 0. The Balaban J connectivity index is 3.10. The quantitative estimate of drug-likeness (QED) is 0.631. The molecular formula is C22H39N3O4. The maximum absolute atomic E-state index is 13.4. The van der Waals surface area contributed by atoms with Crippen molar-refractivity contribution < 1.29 is 19.5 Å². The highest BCUT2D eigenvalue weighted by atomic mass is 16.4. The van der Waals surface area contributed by atoms with E-state index in [4.69, 9.17) is 0 Å². The lowest BCUT2D eigenvalue weighted by Gasteiger charge is -2.39. The van der Waals surface area contributed by atoms with Crippen molar-refractivity contribution in [3.8, 4) is 0 Å². The fourth-order valence-electron chi connectivity index (χ4n) is 3.72. The molecule has 1 rings (SSSR count). The zero-order chi connectivity index (χ0) is 22.5. The van der Waals surface area contributed by atoms with Gasteiger partial charge in [-0.05, 0) is 44.7 Å². The Labute approximate surface area is 175 Å². The van der Waals surface area contributed by atoms with Crippen LogP contribution in [0.1, 0.15) is 60.8 Å². The first-order valence-electron chi connectivity index (χ1n) is 10.5. The number of hydrogen-bond donors (Lipinski definition) is 2. The van der Waals surface area contributed by atoms with E-state index in [1.165, 1.54) is 6.92 Å².